The van der Waals surface area contributed by atoms with Crippen molar-refractivity contribution in [1.82, 2.24) is 14.8 Å². The Morgan fingerprint density at radius 2 is 1.90 bits per heavy atom. The molecule has 2 aromatic heterocycles. The van der Waals surface area contributed by atoms with E-state index >= 15 is 0 Å². The first-order valence-electron chi connectivity index (χ1n) is 9.13. The van der Waals surface area contributed by atoms with Crippen LogP contribution in [0.15, 0.2) is 65.5 Å². The number of carbonyl (C=O) groups excluding carboxylic acids is 1. The van der Waals surface area contributed by atoms with Crippen molar-refractivity contribution in [2.24, 2.45) is 0 Å². The highest BCUT2D eigenvalue weighted by atomic mass is 32.1. The van der Waals surface area contributed by atoms with Crippen LogP contribution in [0.2, 0.25) is 0 Å². The molecule has 0 aliphatic heterocycles. The molecule has 6 nitrogen and oxygen atoms in total. The van der Waals surface area contributed by atoms with Gasteiger partial charge in [0.1, 0.15) is 12.6 Å². The fourth-order valence-corrected chi connectivity index (χ4v) is 4.00. The molecular formula is C22H20N4O2S. The summed E-state index contributed by atoms with van der Waals surface area (Å²) in [6.45, 7) is 2.65. The van der Waals surface area contributed by atoms with Gasteiger partial charge in [-0.2, -0.15) is 5.10 Å². The third-order valence-corrected chi connectivity index (χ3v) is 5.39. The van der Waals surface area contributed by atoms with Crippen molar-refractivity contribution < 1.29 is 9.53 Å². The molecule has 0 fully saturated rings. The van der Waals surface area contributed by atoms with Crippen LogP contribution in [0.1, 0.15) is 17.3 Å². The van der Waals surface area contributed by atoms with Crippen LogP contribution in [-0.4, -0.2) is 27.8 Å². The lowest BCUT2D eigenvalue weighted by molar-refractivity contribution is -0.129. The van der Waals surface area contributed by atoms with Gasteiger partial charge in [-0.25, -0.2) is 4.98 Å². The van der Waals surface area contributed by atoms with Crippen molar-refractivity contribution in [3.05, 3.63) is 76.7 Å². The summed E-state index contributed by atoms with van der Waals surface area (Å²) in [5, 5.41) is 6.89. The molecule has 2 aromatic carbocycles. The van der Waals surface area contributed by atoms with Crippen LogP contribution in [0.3, 0.4) is 0 Å². The number of anilines is 1. The van der Waals surface area contributed by atoms with E-state index in [4.69, 9.17) is 15.6 Å². The lowest BCUT2D eigenvalue weighted by Gasteiger charge is -2.18. The number of nitrogen functional groups attached to an aromatic ring is 1. The quantitative estimate of drug-likeness (QED) is 0.366. The van der Waals surface area contributed by atoms with Crippen LogP contribution in [0.25, 0.3) is 22.5 Å². The van der Waals surface area contributed by atoms with Gasteiger partial charge >= 0.3 is 0 Å². The summed E-state index contributed by atoms with van der Waals surface area (Å²) in [6.07, 6.45) is 0. The van der Waals surface area contributed by atoms with Gasteiger partial charge in [-0.1, -0.05) is 42.5 Å². The molecule has 0 spiro atoms. The number of benzene rings is 2. The fraction of sp³-hybridized carbons (Fsp3) is 0.136. The zero-order chi connectivity index (χ0) is 20.2. The molecule has 0 radical (unpaired) electrons. The summed E-state index contributed by atoms with van der Waals surface area (Å²) in [5.74, 6) is 0. The second kappa shape index (κ2) is 8.28. The Kier molecular flexibility index (Phi) is 5.39. The van der Waals surface area contributed by atoms with E-state index < -0.39 is 0 Å². The monoisotopic (exact) mass is 404 g/mol. The Bertz CT molecular complexity index is 1090. The molecule has 0 aliphatic rings. The molecule has 0 saturated carbocycles. The molecule has 4 rings (SSSR count). The predicted molar refractivity (Wildman–Crippen MR) is 115 cm³/mol. The van der Waals surface area contributed by atoms with Gasteiger partial charge in [-0.15, -0.1) is 11.3 Å². The minimum absolute atomic E-state index is 0.143. The average Bonchev–Trinajstić information content (AvgIpc) is 3.39. The molecule has 2 N–H and O–H groups in total. The van der Waals surface area contributed by atoms with Crippen LogP contribution < -0.4 is 5.73 Å². The number of thiazole rings is 1. The largest absolute Gasteiger partial charge is 0.465 e. The first-order valence-corrected chi connectivity index (χ1v) is 10.1. The molecule has 1 unspecified atom stereocenters. The van der Waals surface area contributed by atoms with Crippen LogP contribution in [-0.2, 0) is 9.53 Å². The molecule has 2 heterocycles. The number of hydrogen-bond donors (Lipinski definition) is 1. The summed E-state index contributed by atoms with van der Waals surface area (Å²) in [6, 6.07) is 17.4. The third-order valence-electron chi connectivity index (χ3n) is 4.79. The van der Waals surface area contributed by atoms with Gasteiger partial charge < -0.3 is 10.5 Å². The van der Waals surface area contributed by atoms with E-state index in [1.54, 1.807) is 5.51 Å². The Morgan fingerprint density at radius 1 is 1.14 bits per heavy atom. The maximum absolute atomic E-state index is 10.9. The zero-order valence-electron chi connectivity index (χ0n) is 15.9. The van der Waals surface area contributed by atoms with Gasteiger partial charge in [0.25, 0.3) is 6.47 Å². The third kappa shape index (κ3) is 3.77. The zero-order valence-corrected chi connectivity index (χ0v) is 16.7. The Labute approximate surface area is 172 Å². The molecule has 0 amide bonds. The normalized spacial score (nSPS) is 11.9. The molecule has 146 valence electrons. The summed E-state index contributed by atoms with van der Waals surface area (Å²) in [7, 11) is 0. The van der Waals surface area contributed by atoms with Crippen molar-refractivity contribution in [3.8, 4) is 22.5 Å². The second-order valence-electron chi connectivity index (χ2n) is 6.61. The minimum Gasteiger partial charge on any atom is -0.465 e. The second-order valence-corrected chi connectivity index (χ2v) is 7.33. The summed E-state index contributed by atoms with van der Waals surface area (Å²) in [4.78, 5) is 15.4. The molecule has 7 heteroatoms. The van der Waals surface area contributed by atoms with E-state index in [-0.39, 0.29) is 12.6 Å². The van der Waals surface area contributed by atoms with Crippen molar-refractivity contribution in [2.45, 2.75) is 13.0 Å². The SMILES string of the molecule is Cc1c(-c2ccccc2)nn(C(COC=O)c2cscn2)c1-c1ccc(N)cc1. The summed E-state index contributed by atoms with van der Waals surface area (Å²) >= 11 is 1.49. The number of nitrogens with two attached hydrogens (primary N) is 1. The Hall–Kier alpha value is -3.45. The van der Waals surface area contributed by atoms with Crippen molar-refractivity contribution >= 4 is 23.5 Å². The van der Waals surface area contributed by atoms with E-state index in [0.29, 0.717) is 12.2 Å². The lowest BCUT2D eigenvalue weighted by Crippen LogP contribution is -2.19. The van der Waals surface area contributed by atoms with Gasteiger partial charge in [-0.3, -0.25) is 9.48 Å². The minimum atomic E-state index is -0.338. The molecule has 29 heavy (non-hydrogen) atoms. The molecule has 4 aromatic rings. The van der Waals surface area contributed by atoms with Gasteiger partial charge in [0.2, 0.25) is 0 Å². The van der Waals surface area contributed by atoms with Gasteiger partial charge in [0.05, 0.1) is 22.6 Å². The Morgan fingerprint density at radius 3 is 2.55 bits per heavy atom. The maximum Gasteiger partial charge on any atom is 0.293 e. The van der Waals surface area contributed by atoms with Crippen molar-refractivity contribution in [1.29, 1.82) is 0 Å². The molecule has 0 aliphatic carbocycles. The lowest BCUT2D eigenvalue weighted by atomic mass is 10.0. The number of aromatic nitrogens is 3. The van der Waals surface area contributed by atoms with Gasteiger partial charge in [0, 0.05) is 27.8 Å². The van der Waals surface area contributed by atoms with E-state index in [0.717, 1.165) is 33.8 Å². The molecule has 0 saturated heterocycles. The summed E-state index contributed by atoms with van der Waals surface area (Å²) in [5.41, 5.74) is 14.0. The number of rotatable bonds is 7. The Balaban J connectivity index is 1.93. The van der Waals surface area contributed by atoms with E-state index in [2.05, 4.69) is 11.9 Å². The van der Waals surface area contributed by atoms with Gasteiger partial charge in [-0.05, 0) is 19.1 Å². The average molecular weight is 404 g/mol. The topological polar surface area (TPSA) is 83.0 Å². The predicted octanol–water partition coefficient (Wildman–Crippen LogP) is 4.33. The standard InChI is InChI=1S/C22H20N4O2S/c1-15-21(16-5-3-2-4-6-16)25-26(22(15)17-7-9-18(23)10-8-17)20(11-28-14-27)19-12-29-13-24-19/h2-10,12-14,20H,11,23H2,1H3. The number of nitrogens with zero attached hydrogens (tertiary/aromatic N) is 3. The van der Waals surface area contributed by atoms with Crippen LogP contribution in [0, 0.1) is 6.92 Å². The molecule has 1 atom stereocenters. The van der Waals surface area contributed by atoms with Crippen LogP contribution in [0.5, 0.6) is 0 Å². The maximum atomic E-state index is 10.9. The van der Waals surface area contributed by atoms with E-state index in [1.807, 2.05) is 64.7 Å². The molecule has 0 bridgehead atoms. The van der Waals surface area contributed by atoms with Gasteiger partial charge in [0.15, 0.2) is 0 Å². The first-order chi connectivity index (χ1) is 14.2. The van der Waals surface area contributed by atoms with Crippen LogP contribution in [0.4, 0.5) is 5.69 Å². The molecular weight excluding hydrogens is 384 g/mol. The summed E-state index contributed by atoms with van der Waals surface area (Å²) < 4.78 is 7.05. The first kappa shape index (κ1) is 18.9. The van der Waals surface area contributed by atoms with Crippen LogP contribution >= 0.6 is 11.3 Å². The number of ether oxygens (including phenoxy) is 1. The van der Waals surface area contributed by atoms with E-state index in [1.165, 1.54) is 11.3 Å². The number of hydrogen-bond acceptors (Lipinski definition) is 6. The number of carbonyl (C=O) groups is 1. The highest BCUT2D eigenvalue weighted by molar-refractivity contribution is 7.07. The fourth-order valence-electron chi connectivity index (χ4n) is 3.40. The van der Waals surface area contributed by atoms with Crippen molar-refractivity contribution in [3.63, 3.8) is 0 Å². The highest BCUT2D eigenvalue weighted by Gasteiger charge is 2.25. The van der Waals surface area contributed by atoms with Crippen molar-refractivity contribution in [2.75, 3.05) is 12.3 Å². The smallest absolute Gasteiger partial charge is 0.293 e. The van der Waals surface area contributed by atoms with E-state index in [9.17, 15) is 4.79 Å². The highest BCUT2D eigenvalue weighted by Crippen LogP contribution is 2.35.